The Balaban J connectivity index is 1.73. The SMILES string of the molecule is O=Cc1ccn(-c2ccccc2C=Cc2n[nH]c3ccccc23)c1. The van der Waals surface area contributed by atoms with Gasteiger partial charge in [0.05, 0.1) is 16.9 Å². The molecule has 0 spiro atoms. The van der Waals surface area contributed by atoms with Crippen LogP contribution in [-0.2, 0) is 0 Å². The van der Waals surface area contributed by atoms with E-state index in [0.29, 0.717) is 5.56 Å². The van der Waals surface area contributed by atoms with Gasteiger partial charge in [0, 0.05) is 23.3 Å². The largest absolute Gasteiger partial charge is 0.323 e. The molecule has 2 heterocycles. The molecule has 1 N–H and O–H groups in total. The van der Waals surface area contributed by atoms with Crippen molar-refractivity contribution in [3.63, 3.8) is 0 Å². The fourth-order valence-electron chi connectivity index (χ4n) is 2.78. The number of para-hydroxylation sites is 2. The molecule has 0 aliphatic rings. The molecule has 0 amide bonds. The van der Waals surface area contributed by atoms with Gasteiger partial charge in [-0.25, -0.2) is 0 Å². The molecule has 4 nitrogen and oxygen atoms in total. The van der Waals surface area contributed by atoms with Gasteiger partial charge in [0.1, 0.15) is 0 Å². The van der Waals surface area contributed by atoms with Gasteiger partial charge >= 0.3 is 0 Å². The van der Waals surface area contributed by atoms with Gasteiger partial charge in [0.25, 0.3) is 0 Å². The van der Waals surface area contributed by atoms with E-state index in [1.807, 2.05) is 77.6 Å². The molecule has 4 rings (SSSR count). The maximum absolute atomic E-state index is 10.9. The Hall–Kier alpha value is -3.40. The summed E-state index contributed by atoms with van der Waals surface area (Å²) in [5, 5.41) is 8.49. The van der Waals surface area contributed by atoms with E-state index in [2.05, 4.69) is 10.2 Å². The highest BCUT2D eigenvalue weighted by Gasteiger charge is 2.04. The third-order valence-corrected chi connectivity index (χ3v) is 3.99. The maximum Gasteiger partial charge on any atom is 0.151 e. The summed E-state index contributed by atoms with van der Waals surface area (Å²) >= 11 is 0. The lowest BCUT2D eigenvalue weighted by Gasteiger charge is -2.06. The molecule has 0 atom stereocenters. The number of aromatic nitrogens is 3. The van der Waals surface area contributed by atoms with Crippen LogP contribution in [0.3, 0.4) is 0 Å². The molecule has 0 bridgehead atoms. The molecule has 4 heteroatoms. The molecule has 116 valence electrons. The van der Waals surface area contributed by atoms with Crippen molar-refractivity contribution >= 4 is 29.3 Å². The summed E-state index contributed by atoms with van der Waals surface area (Å²) in [5.41, 5.74) is 4.65. The van der Waals surface area contributed by atoms with Gasteiger partial charge in [-0.3, -0.25) is 9.89 Å². The molecule has 0 radical (unpaired) electrons. The predicted molar refractivity (Wildman–Crippen MR) is 96.2 cm³/mol. The molecular weight excluding hydrogens is 298 g/mol. The Kier molecular flexibility index (Phi) is 3.56. The average Bonchev–Trinajstić information content (AvgIpc) is 3.27. The minimum Gasteiger partial charge on any atom is -0.323 e. The van der Waals surface area contributed by atoms with Crippen molar-refractivity contribution in [1.29, 1.82) is 0 Å². The van der Waals surface area contributed by atoms with Crippen LogP contribution in [0.1, 0.15) is 21.6 Å². The Labute approximate surface area is 139 Å². The van der Waals surface area contributed by atoms with Crippen molar-refractivity contribution in [2.45, 2.75) is 0 Å². The Bertz CT molecular complexity index is 1040. The minimum absolute atomic E-state index is 0.659. The van der Waals surface area contributed by atoms with Crippen molar-refractivity contribution in [3.8, 4) is 5.69 Å². The van der Waals surface area contributed by atoms with E-state index in [4.69, 9.17) is 0 Å². The predicted octanol–water partition coefficient (Wildman–Crippen LogP) is 4.34. The quantitative estimate of drug-likeness (QED) is 0.570. The van der Waals surface area contributed by atoms with E-state index in [1.165, 1.54) is 0 Å². The van der Waals surface area contributed by atoms with Gasteiger partial charge in [-0.2, -0.15) is 5.10 Å². The summed E-state index contributed by atoms with van der Waals surface area (Å²) in [5.74, 6) is 0. The lowest BCUT2D eigenvalue weighted by molar-refractivity contribution is 0.112. The number of rotatable bonds is 4. The van der Waals surface area contributed by atoms with Crippen LogP contribution in [0.4, 0.5) is 0 Å². The average molecular weight is 313 g/mol. The zero-order chi connectivity index (χ0) is 16.4. The van der Waals surface area contributed by atoms with E-state index in [1.54, 1.807) is 6.07 Å². The van der Waals surface area contributed by atoms with Crippen LogP contribution in [0.25, 0.3) is 28.7 Å². The first-order valence-corrected chi connectivity index (χ1v) is 7.69. The molecule has 0 saturated heterocycles. The maximum atomic E-state index is 10.9. The molecule has 24 heavy (non-hydrogen) atoms. The summed E-state index contributed by atoms with van der Waals surface area (Å²) in [6, 6.07) is 17.9. The number of nitrogens with zero attached hydrogens (tertiary/aromatic N) is 2. The highest BCUT2D eigenvalue weighted by atomic mass is 16.1. The second-order valence-corrected chi connectivity index (χ2v) is 5.52. The van der Waals surface area contributed by atoms with Crippen LogP contribution in [0.2, 0.25) is 0 Å². The molecule has 0 unspecified atom stereocenters. The number of nitrogens with one attached hydrogen (secondary N) is 1. The molecular formula is C20H15N3O. The van der Waals surface area contributed by atoms with Crippen molar-refractivity contribution in [2.75, 3.05) is 0 Å². The molecule has 0 fully saturated rings. The van der Waals surface area contributed by atoms with E-state index in [-0.39, 0.29) is 0 Å². The van der Waals surface area contributed by atoms with Crippen molar-refractivity contribution < 1.29 is 4.79 Å². The number of aromatic amines is 1. The fourth-order valence-corrected chi connectivity index (χ4v) is 2.78. The zero-order valence-corrected chi connectivity index (χ0v) is 12.9. The van der Waals surface area contributed by atoms with Gasteiger partial charge in [-0.15, -0.1) is 0 Å². The summed E-state index contributed by atoms with van der Waals surface area (Å²) in [6.07, 6.45) is 8.61. The molecule has 2 aromatic carbocycles. The van der Waals surface area contributed by atoms with Gasteiger partial charge in [0.15, 0.2) is 6.29 Å². The van der Waals surface area contributed by atoms with Crippen LogP contribution in [0.5, 0.6) is 0 Å². The number of benzene rings is 2. The standard InChI is InChI=1S/C20H15N3O/c24-14-15-11-12-23(13-15)20-8-4-1-5-16(20)9-10-19-17-6-2-3-7-18(17)21-22-19/h1-14H,(H,21,22). The molecule has 0 saturated carbocycles. The molecule has 0 aliphatic carbocycles. The summed E-state index contributed by atoms with van der Waals surface area (Å²) in [7, 11) is 0. The van der Waals surface area contributed by atoms with Crippen LogP contribution in [0.15, 0.2) is 67.0 Å². The number of aldehydes is 1. The number of fused-ring (bicyclic) bond motifs is 1. The van der Waals surface area contributed by atoms with Crippen LogP contribution in [0, 0.1) is 0 Å². The van der Waals surface area contributed by atoms with Crippen molar-refractivity contribution in [2.24, 2.45) is 0 Å². The van der Waals surface area contributed by atoms with Crippen LogP contribution in [-0.4, -0.2) is 21.1 Å². The first-order chi connectivity index (χ1) is 11.8. The number of hydrogen-bond acceptors (Lipinski definition) is 2. The van der Waals surface area contributed by atoms with Gasteiger partial charge < -0.3 is 4.57 Å². The molecule has 2 aromatic heterocycles. The van der Waals surface area contributed by atoms with Crippen molar-refractivity contribution in [1.82, 2.24) is 14.8 Å². The highest BCUT2D eigenvalue weighted by Crippen LogP contribution is 2.21. The normalized spacial score (nSPS) is 11.3. The van der Waals surface area contributed by atoms with Crippen LogP contribution >= 0.6 is 0 Å². The summed E-state index contributed by atoms with van der Waals surface area (Å²) in [6.45, 7) is 0. The topological polar surface area (TPSA) is 50.7 Å². The van der Waals surface area contributed by atoms with Gasteiger partial charge in [-0.05, 0) is 29.8 Å². The van der Waals surface area contributed by atoms with Crippen molar-refractivity contribution in [3.05, 3.63) is 83.8 Å². The Morgan fingerprint density at radius 1 is 0.958 bits per heavy atom. The third kappa shape index (κ3) is 2.54. The monoisotopic (exact) mass is 313 g/mol. The number of carbonyl (C=O) groups is 1. The van der Waals surface area contributed by atoms with Gasteiger partial charge in [0.2, 0.25) is 0 Å². The lowest BCUT2D eigenvalue weighted by Crippen LogP contribution is -1.93. The number of H-pyrrole nitrogens is 1. The number of carbonyl (C=O) groups excluding carboxylic acids is 1. The summed E-state index contributed by atoms with van der Waals surface area (Å²) in [4.78, 5) is 10.9. The van der Waals surface area contributed by atoms with E-state index in [9.17, 15) is 4.79 Å². The Morgan fingerprint density at radius 3 is 2.67 bits per heavy atom. The molecule has 4 aromatic rings. The molecule has 0 aliphatic heterocycles. The number of hydrogen-bond donors (Lipinski definition) is 1. The van der Waals surface area contributed by atoms with Gasteiger partial charge in [-0.1, -0.05) is 42.5 Å². The second-order valence-electron chi connectivity index (χ2n) is 5.52. The lowest BCUT2D eigenvalue weighted by atomic mass is 10.1. The second kappa shape index (κ2) is 6.01. The minimum atomic E-state index is 0.659. The third-order valence-electron chi connectivity index (χ3n) is 3.99. The first-order valence-electron chi connectivity index (χ1n) is 7.69. The zero-order valence-electron chi connectivity index (χ0n) is 12.9. The Morgan fingerprint density at radius 2 is 1.79 bits per heavy atom. The van der Waals surface area contributed by atoms with E-state index in [0.717, 1.165) is 34.1 Å². The van der Waals surface area contributed by atoms with E-state index >= 15 is 0 Å². The smallest absolute Gasteiger partial charge is 0.151 e. The fraction of sp³-hybridized carbons (Fsp3) is 0. The highest BCUT2D eigenvalue weighted by molar-refractivity contribution is 5.89. The first kappa shape index (κ1) is 14.2. The van der Waals surface area contributed by atoms with Crippen LogP contribution < -0.4 is 0 Å². The van der Waals surface area contributed by atoms with E-state index < -0.39 is 0 Å². The summed E-state index contributed by atoms with van der Waals surface area (Å²) < 4.78 is 1.95.